The monoisotopic (exact) mass is 262 g/mol. The van der Waals surface area contributed by atoms with Crippen LogP contribution in [0.3, 0.4) is 0 Å². The highest BCUT2D eigenvalue weighted by Gasteiger charge is 2.45. The number of hydrogen-bond acceptors (Lipinski definition) is 3. The van der Waals surface area contributed by atoms with Gasteiger partial charge in [0.05, 0.1) is 0 Å². The van der Waals surface area contributed by atoms with Crippen LogP contribution in [0.15, 0.2) is 18.2 Å². The van der Waals surface area contributed by atoms with Gasteiger partial charge >= 0.3 is 5.97 Å². The maximum absolute atomic E-state index is 12.3. The number of aromatic nitrogens is 1. The van der Waals surface area contributed by atoms with Gasteiger partial charge in [0, 0.05) is 13.1 Å². The molecule has 0 radical (unpaired) electrons. The molecule has 1 unspecified atom stereocenters. The van der Waals surface area contributed by atoms with Gasteiger partial charge < -0.3 is 10.0 Å². The zero-order valence-corrected chi connectivity index (χ0v) is 11.4. The Morgan fingerprint density at radius 3 is 2.47 bits per heavy atom. The van der Waals surface area contributed by atoms with Gasteiger partial charge in [0.25, 0.3) is 5.91 Å². The molecule has 0 aliphatic heterocycles. The highest BCUT2D eigenvalue weighted by Crippen LogP contribution is 2.49. The molecule has 1 amide bonds. The number of carboxylic acid groups (broad SMARTS) is 1. The fraction of sp³-hybridized carbons (Fsp3) is 0.500. The molecule has 102 valence electrons. The minimum atomic E-state index is -1.13. The van der Waals surface area contributed by atoms with Gasteiger partial charge in [0.15, 0.2) is 0 Å². The zero-order chi connectivity index (χ0) is 14.2. The van der Waals surface area contributed by atoms with Crippen LogP contribution in [0.1, 0.15) is 47.7 Å². The predicted octanol–water partition coefficient (Wildman–Crippen LogP) is 2.04. The van der Waals surface area contributed by atoms with Crippen molar-refractivity contribution < 1.29 is 14.7 Å². The lowest BCUT2D eigenvalue weighted by atomic mass is 9.99. The Morgan fingerprint density at radius 1 is 1.37 bits per heavy atom. The molecule has 1 aromatic rings. The van der Waals surface area contributed by atoms with Crippen molar-refractivity contribution in [3.63, 3.8) is 0 Å². The second-order valence-corrected chi connectivity index (χ2v) is 5.46. The number of aromatic carboxylic acids is 1. The lowest BCUT2D eigenvalue weighted by Gasteiger charge is -2.29. The van der Waals surface area contributed by atoms with Gasteiger partial charge in [-0.1, -0.05) is 13.0 Å². The molecule has 0 bridgehead atoms. The quantitative estimate of drug-likeness (QED) is 0.901. The van der Waals surface area contributed by atoms with Gasteiger partial charge in [-0.2, -0.15) is 0 Å². The third kappa shape index (κ3) is 2.59. The Morgan fingerprint density at radius 2 is 1.95 bits per heavy atom. The van der Waals surface area contributed by atoms with Crippen molar-refractivity contribution in [2.45, 2.75) is 32.7 Å². The average molecular weight is 262 g/mol. The molecule has 5 nitrogen and oxygen atoms in total. The number of carboxylic acids is 1. The second kappa shape index (κ2) is 4.64. The van der Waals surface area contributed by atoms with Gasteiger partial charge in [-0.25, -0.2) is 9.78 Å². The molecule has 1 heterocycles. The van der Waals surface area contributed by atoms with Crippen LogP contribution in [0.2, 0.25) is 0 Å². The number of hydrogen-bond donors (Lipinski definition) is 1. The smallest absolute Gasteiger partial charge is 0.354 e. The predicted molar refractivity (Wildman–Crippen MR) is 70.1 cm³/mol. The highest BCUT2D eigenvalue weighted by molar-refractivity contribution is 5.94. The maximum atomic E-state index is 12.3. The Balaban J connectivity index is 2.19. The summed E-state index contributed by atoms with van der Waals surface area (Å²) >= 11 is 0. The fourth-order valence-electron chi connectivity index (χ4n) is 2.11. The van der Waals surface area contributed by atoms with Crippen molar-refractivity contribution >= 4 is 11.9 Å². The molecule has 1 atom stereocenters. The van der Waals surface area contributed by atoms with Gasteiger partial charge in [-0.3, -0.25) is 4.79 Å². The Bertz CT molecular complexity index is 523. The molecule has 1 aromatic heterocycles. The Kier molecular flexibility index (Phi) is 3.30. The van der Waals surface area contributed by atoms with E-state index < -0.39 is 5.97 Å². The van der Waals surface area contributed by atoms with Crippen LogP contribution in [0.4, 0.5) is 0 Å². The average Bonchev–Trinajstić information content (AvgIpc) is 3.15. The summed E-state index contributed by atoms with van der Waals surface area (Å²) in [5.74, 6) is -1.36. The fourth-order valence-corrected chi connectivity index (χ4v) is 2.11. The third-order valence-electron chi connectivity index (χ3n) is 4.14. The van der Waals surface area contributed by atoms with Crippen molar-refractivity contribution in [3.8, 4) is 0 Å². The first-order valence-electron chi connectivity index (χ1n) is 6.33. The van der Waals surface area contributed by atoms with Crippen LogP contribution >= 0.6 is 0 Å². The van der Waals surface area contributed by atoms with E-state index in [1.807, 2.05) is 6.92 Å². The van der Waals surface area contributed by atoms with Gasteiger partial charge in [0.1, 0.15) is 11.4 Å². The standard InChI is InChI=1S/C14H18N2O3/c1-9(14(2)7-8-14)16(3)12(17)10-5-4-6-11(15-10)13(18)19/h4-6,9H,7-8H2,1-3H3,(H,18,19). The second-order valence-electron chi connectivity index (χ2n) is 5.46. The lowest BCUT2D eigenvalue weighted by Crippen LogP contribution is -2.40. The molecular formula is C14H18N2O3. The van der Waals surface area contributed by atoms with Crippen LogP contribution < -0.4 is 0 Å². The largest absolute Gasteiger partial charge is 0.477 e. The summed E-state index contributed by atoms with van der Waals surface area (Å²) in [6.07, 6.45) is 2.24. The van der Waals surface area contributed by atoms with E-state index in [4.69, 9.17) is 5.11 Å². The van der Waals surface area contributed by atoms with Crippen LogP contribution in [-0.2, 0) is 0 Å². The molecule has 1 aliphatic carbocycles. The zero-order valence-electron chi connectivity index (χ0n) is 11.4. The summed E-state index contributed by atoms with van der Waals surface area (Å²) in [6.45, 7) is 4.18. The number of pyridine rings is 1. The van der Waals surface area contributed by atoms with Crippen LogP contribution in [-0.4, -0.2) is 40.0 Å². The first-order valence-corrected chi connectivity index (χ1v) is 6.33. The molecule has 0 spiro atoms. The summed E-state index contributed by atoms with van der Waals surface area (Å²) in [5.41, 5.74) is 0.262. The van der Waals surface area contributed by atoms with E-state index in [1.165, 1.54) is 6.07 Å². The molecule has 1 aliphatic rings. The van der Waals surface area contributed by atoms with Crippen molar-refractivity contribution in [2.75, 3.05) is 7.05 Å². The van der Waals surface area contributed by atoms with Crippen LogP contribution in [0.5, 0.6) is 0 Å². The minimum absolute atomic E-state index is 0.107. The number of carbonyl (C=O) groups is 2. The van der Waals surface area contributed by atoms with E-state index in [1.54, 1.807) is 24.1 Å². The van der Waals surface area contributed by atoms with E-state index in [0.29, 0.717) is 0 Å². The van der Waals surface area contributed by atoms with E-state index in [-0.39, 0.29) is 28.8 Å². The Labute approximate surface area is 112 Å². The molecule has 2 rings (SSSR count). The molecule has 1 saturated carbocycles. The van der Waals surface area contributed by atoms with Gasteiger partial charge in [0.2, 0.25) is 0 Å². The molecule has 0 saturated heterocycles. The summed E-state index contributed by atoms with van der Waals surface area (Å²) in [5, 5.41) is 8.89. The number of nitrogens with zero attached hydrogens (tertiary/aromatic N) is 2. The number of carbonyl (C=O) groups excluding carboxylic acids is 1. The van der Waals surface area contributed by atoms with Crippen molar-refractivity contribution in [2.24, 2.45) is 5.41 Å². The van der Waals surface area contributed by atoms with E-state index in [9.17, 15) is 9.59 Å². The summed E-state index contributed by atoms with van der Waals surface area (Å²) in [7, 11) is 1.74. The molecule has 0 aromatic carbocycles. The highest BCUT2D eigenvalue weighted by atomic mass is 16.4. The lowest BCUT2D eigenvalue weighted by molar-refractivity contribution is 0.0675. The van der Waals surface area contributed by atoms with Gasteiger partial charge in [-0.05, 0) is 37.3 Å². The van der Waals surface area contributed by atoms with Crippen molar-refractivity contribution in [3.05, 3.63) is 29.6 Å². The van der Waals surface area contributed by atoms with Gasteiger partial charge in [-0.15, -0.1) is 0 Å². The van der Waals surface area contributed by atoms with Crippen LogP contribution in [0.25, 0.3) is 0 Å². The number of amides is 1. The maximum Gasteiger partial charge on any atom is 0.354 e. The molecule has 19 heavy (non-hydrogen) atoms. The first-order chi connectivity index (χ1) is 8.85. The minimum Gasteiger partial charge on any atom is -0.477 e. The third-order valence-corrected chi connectivity index (χ3v) is 4.14. The molecule has 1 N–H and O–H groups in total. The van der Waals surface area contributed by atoms with Crippen molar-refractivity contribution in [1.29, 1.82) is 0 Å². The van der Waals surface area contributed by atoms with E-state index in [2.05, 4.69) is 11.9 Å². The number of rotatable bonds is 4. The Hall–Kier alpha value is -1.91. The SMILES string of the molecule is CC(N(C)C(=O)c1cccc(C(=O)O)n1)C1(C)CC1. The van der Waals surface area contributed by atoms with Crippen LogP contribution in [0, 0.1) is 5.41 Å². The summed E-state index contributed by atoms with van der Waals surface area (Å²) in [4.78, 5) is 28.7. The summed E-state index contributed by atoms with van der Waals surface area (Å²) < 4.78 is 0. The normalized spacial score (nSPS) is 17.6. The molecular weight excluding hydrogens is 244 g/mol. The topological polar surface area (TPSA) is 70.5 Å². The van der Waals surface area contributed by atoms with Crippen molar-refractivity contribution in [1.82, 2.24) is 9.88 Å². The molecule has 1 fully saturated rings. The van der Waals surface area contributed by atoms with E-state index in [0.717, 1.165) is 12.8 Å². The molecule has 5 heteroatoms. The first kappa shape index (κ1) is 13.5. The van der Waals surface area contributed by atoms with E-state index >= 15 is 0 Å². The summed E-state index contributed by atoms with van der Waals surface area (Å²) in [6, 6.07) is 4.59.